The van der Waals surface area contributed by atoms with Crippen molar-refractivity contribution in [2.75, 3.05) is 0 Å². The lowest BCUT2D eigenvalue weighted by atomic mass is 9.98. The first-order chi connectivity index (χ1) is 6.56. The summed E-state index contributed by atoms with van der Waals surface area (Å²) in [7, 11) is 0. The van der Waals surface area contributed by atoms with E-state index in [-0.39, 0.29) is 11.1 Å². The van der Waals surface area contributed by atoms with Crippen molar-refractivity contribution < 1.29 is 9.18 Å². The lowest BCUT2D eigenvalue weighted by Gasteiger charge is -2.10. The predicted molar refractivity (Wildman–Crippen MR) is 60.9 cm³/mol. The average molecular weight is 325 g/mol. The van der Waals surface area contributed by atoms with Crippen molar-refractivity contribution in [3.8, 4) is 0 Å². The van der Waals surface area contributed by atoms with E-state index in [1.807, 2.05) is 22.6 Å². The molecule has 1 nitrogen and oxygen atoms in total. The topological polar surface area (TPSA) is 17.1 Å². The Hall–Kier alpha value is -0.160. The number of halogens is 3. The van der Waals surface area contributed by atoms with Gasteiger partial charge in [-0.1, -0.05) is 6.07 Å². The molecule has 1 saturated carbocycles. The summed E-state index contributed by atoms with van der Waals surface area (Å²) in [6.45, 7) is 0. The Morgan fingerprint density at radius 3 is 2.57 bits per heavy atom. The Morgan fingerprint density at radius 1 is 1.50 bits per heavy atom. The van der Waals surface area contributed by atoms with Gasteiger partial charge in [0.05, 0.1) is 5.41 Å². The third kappa shape index (κ3) is 1.56. The molecule has 1 aromatic rings. The van der Waals surface area contributed by atoms with Crippen molar-refractivity contribution in [3.63, 3.8) is 0 Å². The molecule has 1 aromatic carbocycles. The average Bonchev–Trinajstić information content (AvgIpc) is 2.90. The number of carbonyl (C=O) groups excluding carboxylic acids is 1. The summed E-state index contributed by atoms with van der Waals surface area (Å²) in [5.74, 6) is -0.285. The fraction of sp³-hybridized carbons (Fsp3) is 0.300. The number of hydrogen-bond donors (Lipinski definition) is 0. The molecule has 0 aliphatic heterocycles. The molecular weight excluding hydrogens is 317 g/mol. The molecule has 14 heavy (non-hydrogen) atoms. The van der Waals surface area contributed by atoms with Crippen LogP contribution in [0.3, 0.4) is 0 Å². The number of hydrogen-bond acceptors (Lipinski definition) is 1. The van der Waals surface area contributed by atoms with Crippen molar-refractivity contribution in [3.05, 3.63) is 33.1 Å². The van der Waals surface area contributed by atoms with Crippen LogP contribution >= 0.6 is 34.2 Å². The fourth-order valence-electron chi connectivity index (χ4n) is 1.52. The highest BCUT2D eigenvalue weighted by Crippen LogP contribution is 2.50. The lowest BCUT2D eigenvalue weighted by Crippen LogP contribution is -2.15. The van der Waals surface area contributed by atoms with Crippen LogP contribution in [0.2, 0.25) is 0 Å². The quantitative estimate of drug-likeness (QED) is 0.603. The molecule has 0 spiro atoms. The van der Waals surface area contributed by atoms with E-state index >= 15 is 0 Å². The van der Waals surface area contributed by atoms with Gasteiger partial charge in [0.1, 0.15) is 5.82 Å². The zero-order valence-electron chi connectivity index (χ0n) is 7.19. The number of benzene rings is 1. The minimum Gasteiger partial charge on any atom is -0.280 e. The van der Waals surface area contributed by atoms with Crippen LogP contribution in [-0.2, 0) is 10.2 Å². The third-order valence-corrected chi connectivity index (χ3v) is 3.84. The maximum absolute atomic E-state index is 13.2. The molecule has 0 atom stereocenters. The Labute approximate surface area is 99.8 Å². The SMILES string of the molecule is O=C(Cl)C1(c2ccc(I)c(F)c2)CC1. The second kappa shape index (κ2) is 3.45. The zero-order valence-corrected chi connectivity index (χ0v) is 10.1. The normalized spacial score (nSPS) is 17.9. The van der Waals surface area contributed by atoms with Crippen molar-refractivity contribution in [1.29, 1.82) is 0 Å². The van der Waals surface area contributed by atoms with Crippen LogP contribution in [0.25, 0.3) is 0 Å². The molecule has 0 N–H and O–H groups in total. The molecule has 0 bridgehead atoms. The van der Waals surface area contributed by atoms with Gasteiger partial charge in [-0.15, -0.1) is 0 Å². The summed E-state index contributed by atoms with van der Waals surface area (Å²) >= 11 is 7.41. The first kappa shape index (κ1) is 10.4. The monoisotopic (exact) mass is 324 g/mol. The summed E-state index contributed by atoms with van der Waals surface area (Å²) in [5, 5.41) is -0.377. The van der Waals surface area contributed by atoms with Crippen LogP contribution in [0.5, 0.6) is 0 Å². The Kier molecular flexibility index (Phi) is 2.55. The van der Waals surface area contributed by atoms with Gasteiger partial charge in [-0.3, -0.25) is 4.79 Å². The second-order valence-electron chi connectivity index (χ2n) is 3.48. The molecule has 2 rings (SSSR count). The molecule has 4 heteroatoms. The van der Waals surface area contributed by atoms with Gasteiger partial charge in [0.25, 0.3) is 0 Å². The molecule has 0 heterocycles. The highest BCUT2D eigenvalue weighted by atomic mass is 127. The van der Waals surface area contributed by atoms with E-state index in [1.165, 1.54) is 6.07 Å². The summed E-state index contributed by atoms with van der Waals surface area (Å²) in [6.07, 6.45) is 1.46. The van der Waals surface area contributed by atoms with E-state index in [0.717, 1.165) is 12.8 Å². The van der Waals surface area contributed by atoms with E-state index in [0.29, 0.717) is 9.13 Å². The molecule has 0 unspecified atom stereocenters. The van der Waals surface area contributed by atoms with E-state index in [2.05, 4.69) is 0 Å². The van der Waals surface area contributed by atoms with E-state index < -0.39 is 5.41 Å². The molecule has 0 radical (unpaired) electrons. The highest BCUT2D eigenvalue weighted by Gasteiger charge is 2.50. The molecule has 74 valence electrons. The number of rotatable bonds is 2. The number of carbonyl (C=O) groups is 1. The smallest absolute Gasteiger partial charge is 0.232 e. The van der Waals surface area contributed by atoms with Crippen LogP contribution in [0.1, 0.15) is 18.4 Å². The maximum atomic E-state index is 13.2. The van der Waals surface area contributed by atoms with Gasteiger partial charge >= 0.3 is 0 Å². The molecule has 1 fully saturated rings. The first-order valence-electron chi connectivity index (χ1n) is 4.22. The third-order valence-electron chi connectivity index (χ3n) is 2.60. The molecule has 1 aliphatic rings. The molecule has 0 saturated heterocycles. The molecule has 0 amide bonds. The minimum absolute atomic E-state index is 0.285. The molecular formula is C10H7ClFIO. The van der Waals surface area contributed by atoms with Crippen LogP contribution in [0, 0.1) is 9.39 Å². The minimum atomic E-state index is -0.591. The van der Waals surface area contributed by atoms with Gasteiger partial charge in [-0.25, -0.2) is 4.39 Å². The molecule has 0 aromatic heterocycles. The zero-order chi connectivity index (χ0) is 10.3. The maximum Gasteiger partial charge on any atom is 0.232 e. The van der Waals surface area contributed by atoms with Gasteiger partial charge in [-0.05, 0) is 64.7 Å². The Morgan fingerprint density at radius 2 is 2.14 bits per heavy atom. The fourth-order valence-corrected chi connectivity index (χ4v) is 2.15. The van der Waals surface area contributed by atoms with Crippen molar-refractivity contribution in [1.82, 2.24) is 0 Å². The van der Waals surface area contributed by atoms with Gasteiger partial charge in [0.2, 0.25) is 5.24 Å². The van der Waals surface area contributed by atoms with Crippen LogP contribution < -0.4 is 0 Å². The van der Waals surface area contributed by atoms with Crippen molar-refractivity contribution >= 4 is 39.4 Å². The second-order valence-corrected chi connectivity index (χ2v) is 4.99. The standard InChI is InChI=1S/C10H7ClFIO/c11-9(14)10(3-4-10)6-1-2-8(13)7(12)5-6/h1-2,5H,3-4H2. The van der Waals surface area contributed by atoms with Crippen molar-refractivity contribution in [2.45, 2.75) is 18.3 Å². The van der Waals surface area contributed by atoms with Crippen LogP contribution in [-0.4, -0.2) is 5.24 Å². The highest BCUT2D eigenvalue weighted by molar-refractivity contribution is 14.1. The summed E-state index contributed by atoms with van der Waals surface area (Å²) < 4.78 is 13.8. The summed E-state index contributed by atoms with van der Waals surface area (Å²) in [6, 6.07) is 4.86. The van der Waals surface area contributed by atoms with Gasteiger partial charge in [0.15, 0.2) is 0 Å². The van der Waals surface area contributed by atoms with Gasteiger partial charge in [-0.2, -0.15) is 0 Å². The van der Waals surface area contributed by atoms with Gasteiger partial charge in [0, 0.05) is 3.57 Å². The van der Waals surface area contributed by atoms with E-state index in [1.54, 1.807) is 12.1 Å². The van der Waals surface area contributed by atoms with E-state index in [4.69, 9.17) is 11.6 Å². The van der Waals surface area contributed by atoms with Crippen molar-refractivity contribution in [2.24, 2.45) is 0 Å². The van der Waals surface area contributed by atoms with E-state index in [9.17, 15) is 9.18 Å². The van der Waals surface area contributed by atoms with Gasteiger partial charge < -0.3 is 0 Å². The Balaban J connectivity index is 2.43. The van der Waals surface area contributed by atoms with Crippen LogP contribution in [0.4, 0.5) is 4.39 Å². The Bertz CT molecular complexity index is 401. The summed E-state index contributed by atoms with van der Waals surface area (Å²) in [4.78, 5) is 11.2. The van der Waals surface area contributed by atoms with Crippen LogP contribution in [0.15, 0.2) is 18.2 Å². The summed E-state index contributed by atoms with van der Waals surface area (Å²) in [5.41, 5.74) is 0.114. The predicted octanol–water partition coefficient (Wildman–Crippen LogP) is 3.23. The largest absolute Gasteiger partial charge is 0.280 e. The lowest BCUT2D eigenvalue weighted by molar-refractivity contribution is -0.113. The molecule has 1 aliphatic carbocycles. The first-order valence-corrected chi connectivity index (χ1v) is 5.67.